The van der Waals surface area contributed by atoms with Crippen LogP contribution < -0.4 is 15.5 Å². The van der Waals surface area contributed by atoms with Gasteiger partial charge in [0.2, 0.25) is 0 Å². The van der Waals surface area contributed by atoms with E-state index in [9.17, 15) is 0 Å². The minimum atomic E-state index is 0.390. The number of nitrogens with one attached hydrogen (secondary N) is 2. The van der Waals surface area contributed by atoms with Crippen molar-refractivity contribution < 1.29 is 4.42 Å². The number of aliphatic imine (C=N–C) groups is 1. The first kappa shape index (κ1) is 15.9. The molecule has 1 aliphatic heterocycles. The van der Waals surface area contributed by atoms with Crippen LogP contribution in [0.5, 0.6) is 0 Å². The van der Waals surface area contributed by atoms with Gasteiger partial charge in [-0.25, -0.2) is 0 Å². The fourth-order valence-electron chi connectivity index (χ4n) is 2.74. The van der Waals surface area contributed by atoms with Crippen molar-refractivity contribution in [2.75, 3.05) is 25.0 Å². The molecule has 6 heteroatoms. The third-order valence-electron chi connectivity index (χ3n) is 3.95. The van der Waals surface area contributed by atoms with Crippen LogP contribution in [0.2, 0.25) is 0 Å². The van der Waals surface area contributed by atoms with E-state index in [-0.39, 0.29) is 0 Å². The summed E-state index contributed by atoms with van der Waals surface area (Å²) >= 11 is 3.48. The van der Waals surface area contributed by atoms with Crippen LogP contribution in [-0.2, 0) is 6.54 Å². The van der Waals surface area contributed by atoms with Crippen LogP contribution in [-0.4, -0.2) is 32.1 Å². The average Bonchev–Trinajstić information content (AvgIpc) is 3.24. The first-order chi connectivity index (χ1) is 11.2. The second kappa shape index (κ2) is 7.55. The molecule has 5 nitrogen and oxygen atoms in total. The van der Waals surface area contributed by atoms with Crippen LogP contribution >= 0.6 is 15.9 Å². The van der Waals surface area contributed by atoms with E-state index in [1.807, 2.05) is 12.1 Å². The van der Waals surface area contributed by atoms with E-state index in [1.165, 1.54) is 5.69 Å². The maximum absolute atomic E-state index is 5.33. The minimum absolute atomic E-state index is 0.390. The van der Waals surface area contributed by atoms with E-state index in [2.05, 4.69) is 60.7 Å². The molecule has 0 radical (unpaired) electrons. The molecule has 1 fully saturated rings. The molecule has 1 aromatic heterocycles. The van der Waals surface area contributed by atoms with Gasteiger partial charge < -0.3 is 20.0 Å². The lowest BCUT2D eigenvalue weighted by atomic mass is 10.3. The van der Waals surface area contributed by atoms with Crippen molar-refractivity contribution in [3.63, 3.8) is 0 Å². The topological polar surface area (TPSA) is 52.8 Å². The molecule has 2 heterocycles. The number of furan rings is 1. The molecule has 1 aromatic carbocycles. The highest BCUT2D eigenvalue weighted by Gasteiger charge is 2.23. The van der Waals surface area contributed by atoms with Gasteiger partial charge in [0.05, 0.1) is 12.8 Å². The molecule has 2 aromatic rings. The van der Waals surface area contributed by atoms with Crippen molar-refractivity contribution in [2.24, 2.45) is 4.99 Å². The van der Waals surface area contributed by atoms with Crippen LogP contribution in [0.15, 0.2) is 56.5 Å². The number of benzene rings is 1. The van der Waals surface area contributed by atoms with Crippen molar-refractivity contribution in [2.45, 2.75) is 19.0 Å². The molecule has 1 saturated heterocycles. The first-order valence-electron chi connectivity index (χ1n) is 7.74. The summed E-state index contributed by atoms with van der Waals surface area (Å²) in [5, 5.41) is 6.77. The van der Waals surface area contributed by atoms with Crippen molar-refractivity contribution in [1.82, 2.24) is 10.6 Å². The molecule has 0 saturated carbocycles. The predicted octanol–water partition coefficient (Wildman–Crippen LogP) is 2.99. The third-order valence-corrected chi connectivity index (χ3v) is 4.48. The molecule has 122 valence electrons. The fourth-order valence-corrected chi connectivity index (χ4v) is 3.00. The van der Waals surface area contributed by atoms with Crippen LogP contribution in [0.1, 0.15) is 12.2 Å². The Balaban J connectivity index is 1.51. The Labute approximate surface area is 144 Å². The maximum Gasteiger partial charge on any atom is 0.191 e. The standard InChI is InChI=1S/C17H21BrN4O/c1-19-17(20-11-16-3-2-10-23-16)21-14-8-9-22(12-14)15-6-4-13(18)5-7-15/h2-7,10,14H,8-9,11-12H2,1H3,(H2,19,20,21). The lowest BCUT2D eigenvalue weighted by Crippen LogP contribution is -2.44. The summed E-state index contributed by atoms with van der Waals surface area (Å²) in [6.07, 6.45) is 2.78. The van der Waals surface area contributed by atoms with Crippen molar-refractivity contribution >= 4 is 27.6 Å². The van der Waals surface area contributed by atoms with Gasteiger partial charge in [0.25, 0.3) is 0 Å². The van der Waals surface area contributed by atoms with Gasteiger partial charge >= 0.3 is 0 Å². The molecule has 2 N–H and O–H groups in total. The fraction of sp³-hybridized carbons (Fsp3) is 0.353. The van der Waals surface area contributed by atoms with Crippen molar-refractivity contribution in [3.05, 3.63) is 52.9 Å². The van der Waals surface area contributed by atoms with Gasteiger partial charge in [0.15, 0.2) is 5.96 Å². The molecular formula is C17H21BrN4O. The van der Waals surface area contributed by atoms with Crippen LogP contribution in [0.4, 0.5) is 5.69 Å². The van der Waals surface area contributed by atoms with E-state index in [1.54, 1.807) is 13.3 Å². The Morgan fingerprint density at radius 3 is 2.87 bits per heavy atom. The van der Waals surface area contributed by atoms with Gasteiger partial charge in [-0.15, -0.1) is 0 Å². The minimum Gasteiger partial charge on any atom is -0.467 e. The van der Waals surface area contributed by atoms with Gasteiger partial charge in [-0.1, -0.05) is 15.9 Å². The Hall–Kier alpha value is -1.95. The normalized spacial score (nSPS) is 18.3. The summed E-state index contributed by atoms with van der Waals surface area (Å²) in [4.78, 5) is 6.68. The number of nitrogens with zero attached hydrogens (tertiary/aromatic N) is 2. The number of halogens is 1. The van der Waals surface area contributed by atoms with Gasteiger partial charge in [-0.05, 0) is 42.8 Å². The van der Waals surface area contributed by atoms with Crippen LogP contribution in [0.3, 0.4) is 0 Å². The Kier molecular flexibility index (Phi) is 5.23. The summed E-state index contributed by atoms with van der Waals surface area (Å²) in [7, 11) is 1.79. The molecule has 0 spiro atoms. The molecule has 3 rings (SSSR count). The van der Waals surface area contributed by atoms with Gasteiger partial charge in [0, 0.05) is 36.3 Å². The molecule has 0 amide bonds. The van der Waals surface area contributed by atoms with E-state index in [4.69, 9.17) is 4.42 Å². The highest BCUT2D eigenvalue weighted by atomic mass is 79.9. The Morgan fingerprint density at radius 1 is 1.35 bits per heavy atom. The second-order valence-corrected chi connectivity index (χ2v) is 6.47. The van der Waals surface area contributed by atoms with E-state index in [0.717, 1.165) is 35.7 Å². The predicted molar refractivity (Wildman–Crippen MR) is 96.8 cm³/mol. The largest absolute Gasteiger partial charge is 0.467 e. The second-order valence-electron chi connectivity index (χ2n) is 5.56. The smallest absolute Gasteiger partial charge is 0.191 e. The lowest BCUT2D eigenvalue weighted by molar-refractivity contribution is 0.500. The monoisotopic (exact) mass is 376 g/mol. The zero-order valence-corrected chi connectivity index (χ0v) is 14.7. The summed E-state index contributed by atoms with van der Waals surface area (Å²) in [6, 6.07) is 12.7. The quantitative estimate of drug-likeness (QED) is 0.636. The zero-order chi connectivity index (χ0) is 16.1. The van der Waals surface area contributed by atoms with Crippen LogP contribution in [0.25, 0.3) is 0 Å². The number of guanidine groups is 1. The summed E-state index contributed by atoms with van der Waals surface area (Å²) in [5.41, 5.74) is 1.26. The van der Waals surface area contributed by atoms with E-state index >= 15 is 0 Å². The summed E-state index contributed by atoms with van der Waals surface area (Å²) < 4.78 is 6.43. The molecule has 23 heavy (non-hydrogen) atoms. The Bertz CT molecular complexity index is 639. The third kappa shape index (κ3) is 4.28. The maximum atomic E-state index is 5.33. The number of hydrogen-bond acceptors (Lipinski definition) is 3. The highest BCUT2D eigenvalue weighted by Crippen LogP contribution is 2.22. The Morgan fingerprint density at radius 2 is 2.17 bits per heavy atom. The van der Waals surface area contributed by atoms with Crippen LogP contribution in [0, 0.1) is 0 Å². The number of anilines is 1. The molecular weight excluding hydrogens is 356 g/mol. The summed E-state index contributed by atoms with van der Waals surface area (Å²) in [6.45, 7) is 2.66. The number of rotatable bonds is 4. The van der Waals surface area contributed by atoms with E-state index < -0.39 is 0 Å². The van der Waals surface area contributed by atoms with Gasteiger partial charge in [-0.3, -0.25) is 4.99 Å². The highest BCUT2D eigenvalue weighted by molar-refractivity contribution is 9.10. The van der Waals surface area contributed by atoms with Crippen molar-refractivity contribution in [3.8, 4) is 0 Å². The lowest BCUT2D eigenvalue weighted by Gasteiger charge is -2.20. The zero-order valence-electron chi connectivity index (χ0n) is 13.1. The average molecular weight is 377 g/mol. The van der Waals surface area contributed by atoms with Gasteiger partial charge in [-0.2, -0.15) is 0 Å². The molecule has 1 atom stereocenters. The van der Waals surface area contributed by atoms with Crippen molar-refractivity contribution in [1.29, 1.82) is 0 Å². The number of hydrogen-bond donors (Lipinski definition) is 2. The summed E-state index contributed by atoms with van der Waals surface area (Å²) in [5.74, 6) is 1.71. The van der Waals surface area contributed by atoms with Gasteiger partial charge in [0.1, 0.15) is 5.76 Å². The van der Waals surface area contributed by atoms with E-state index in [0.29, 0.717) is 12.6 Å². The molecule has 1 aliphatic rings. The molecule has 0 aliphatic carbocycles. The first-order valence-corrected chi connectivity index (χ1v) is 8.54. The molecule has 0 bridgehead atoms. The SMILES string of the molecule is CN=C(NCc1ccco1)NC1CCN(c2ccc(Br)cc2)C1. The molecule has 1 unspecified atom stereocenters.